The third-order valence-electron chi connectivity index (χ3n) is 5.49. The Balaban J connectivity index is 1.73. The molecule has 2 aromatic rings. The molecule has 0 atom stereocenters. The average molecular weight is 402 g/mol. The first-order chi connectivity index (χ1) is 13.3. The Bertz CT molecular complexity index is 811. The molecule has 1 saturated heterocycles. The van der Waals surface area contributed by atoms with Gasteiger partial charge < -0.3 is 14.8 Å². The Kier molecular flexibility index (Phi) is 6.31. The summed E-state index contributed by atoms with van der Waals surface area (Å²) in [6.07, 6.45) is 1.77. The number of carbonyl (C=O) groups excluding carboxylic acids is 1. The van der Waals surface area contributed by atoms with Crippen molar-refractivity contribution in [2.45, 2.75) is 44.6 Å². The van der Waals surface area contributed by atoms with Crippen LogP contribution in [-0.4, -0.2) is 31.3 Å². The summed E-state index contributed by atoms with van der Waals surface area (Å²) in [7, 11) is 0. The minimum Gasteiger partial charge on any atom is -0.478 e. The Morgan fingerprint density at radius 3 is 2.43 bits per heavy atom. The van der Waals surface area contributed by atoms with Gasteiger partial charge in [0.2, 0.25) is 0 Å². The molecule has 5 heteroatoms. The summed E-state index contributed by atoms with van der Waals surface area (Å²) in [5.74, 6) is 0.478. The molecule has 1 aliphatic heterocycles. The van der Waals surface area contributed by atoms with Crippen LogP contribution in [0.1, 0.15) is 37.8 Å². The van der Waals surface area contributed by atoms with Gasteiger partial charge in [-0.2, -0.15) is 0 Å². The topological polar surface area (TPSA) is 47.6 Å². The SMILES string of the molecule is Cc1ccccc1C1(CNC(=O)C(C)(C)Oc2ccc(Cl)cc2)CCOCC1. The fraction of sp³-hybridized carbons (Fsp3) is 0.435. The Labute approximate surface area is 172 Å². The molecule has 1 aliphatic rings. The van der Waals surface area contributed by atoms with Crippen molar-refractivity contribution < 1.29 is 14.3 Å². The molecule has 3 rings (SSSR count). The predicted molar refractivity (Wildman–Crippen MR) is 112 cm³/mol. The molecule has 150 valence electrons. The number of amides is 1. The maximum atomic E-state index is 12.9. The highest BCUT2D eigenvalue weighted by molar-refractivity contribution is 6.30. The van der Waals surface area contributed by atoms with Gasteiger partial charge in [0.05, 0.1) is 0 Å². The second-order valence-corrected chi connectivity index (χ2v) is 8.39. The van der Waals surface area contributed by atoms with Crippen LogP contribution in [0, 0.1) is 6.92 Å². The summed E-state index contributed by atoms with van der Waals surface area (Å²) >= 11 is 5.92. The molecule has 1 fully saturated rings. The number of carbonyl (C=O) groups is 1. The van der Waals surface area contributed by atoms with Crippen molar-refractivity contribution >= 4 is 17.5 Å². The lowest BCUT2D eigenvalue weighted by atomic mass is 9.72. The first-order valence-corrected chi connectivity index (χ1v) is 10.1. The van der Waals surface area contributed by atoms with Gasteiger partial charge >= 0.3 is 0 Å². The van der Waals surface area contributed by atoms with E-state index >= 15 is 0 Å². The molecule has 1 heterocycles. The van der Waals surface area contributed by atoms with E-state index in [0.29, 0.717) is 30.5 Å². The Morgan fingerprint density at radius 1 is 1.14 bits per heavy atom. The first kappa shape index (κ1) is 20.7. The van der Waals surface area contributed by atoms with Crippen molar-refractivity contribution in [2.75, 3.05) is 19.8 Å². The highest BCUT2D eigenvalue weighted by Crippen LogP contribution is 2.36. The predicted octanol–water partition coefficient (Wildman–Crippen LogP) is 4.67. The first-order valence-electron chi connectivity index (χ1n) is 9.69. The number of nitrogens with one attached hydrogen (secondary N) is 1. The van der Waals surface area contributed by atoms with Gasteiger partial charge in [0.1, 0.15) is 5.75 Å². The van der Waals surface area contributed by atoms with Crippen molar-refractivity contribution in [1.29, 1.82) is 0 Å². The summed E-state index contributed by atoms with van der Waals surface area (Å²) < 4.78 is 11.5. The molecule has 4 nitrogen and oxygen atoms in total. The molecule has 0 aromatic heterocycles. The zero-order valence-corrected chi connectivity index (χ0v) is 17.5. The zero-order chi connectivity index (χ0) is 20.2. The number of aryl methyl sites for hydroxylation is 1. The second kappa shape index (κ2) is 8.54. The largest absolute Gasteiger partial charge is 0.478 e. The number of rotatable bonds is 6. The summed E-state index contributed by atoms with van der Waals surface area (Å²) in [5, 5.41) is 3.78. The van der Waals surface area contributed by atoms with Gasteiger partial charge in [-0.1, -0.05) is 35.9 Å². The Morgan fingerprint density at radius 2 is 1.79 bits per heavy atom. The van der Waals surface area contributed by atoms with E-state index in [9.17, 15) is 4.79 Å². The van der Waals surface area contributed by atoms with E-state index in [1.54, 1.807) is 38.1 Å². The lowest BCUT2D eigenvalue weighted by Gasteiger charge is -2.39. The van der Waals surface area contributed by atoms with Crippen molar-refractivity contribution in [3.63, 3.8) is 0 Å². The van der Waals surface area contributed by atoms with Crippen LogP contribution in [0.3, 0.4) is 0 Å². The van der Waals surface area contributed by atoms with Crippen LogP contribution in [0.15, 0.2) is 48.5 Å². The fourth-order valence-electron chi connectivity index (χ4n) is 3.78. The van der Waals surface area contributed by atoms with Gasteiger partial charge in [-0.15, -0.1) is 0 Å². The van der Waals surface area contributed by atoms with Crippen molar-refractivity contribution in [1.82, 2.24) is 5.32 Å². The molecule has 0 spiro atoms. The molecule has 0 bridgehead atoms. The summed E-state index contributed by atoms with van der Waals surface area (Å²) in [5.41, 5.74) is 1.42. The van der Waals surface area contributed by atoms with Crippen LogP contribution in [-0.2, 0) is 14.9 Å². The molecular formula is C23H28ClNO3. The number of hydrogen-bond acceptors (Lipinski definition) is 3. The van der Waals surface area contributed by atoms with Crippen molar-refractivity contribution in [2.24, 2.45) is 0 Å². The van der Waals surface area contributed by atoms with Gasteiger partial charge in [0.15, 0.2) is 5.60 Å². The number of ether oxygens (including phenoxy) is 2. The number of benzene rings is 2. The minimum atomic E-state index is -0.994. The molecule has 0 saturated carbocycles. The molecule has 0 aliphatic carbocycles. The summed E-state index contributed by atoms with van der Waals surface area (Å²) in [6.45, 7) is 7.65. The highest BCUT2D eigenvalue weighted by Gasteiger charge is 2.38. The van der Waals surface area contributed by atoms with Crippen LogP contribution in [0.2, 0.25) is 5.02 Å². The maximum absolute atomic E-state index is 12.9. The van der Waals surface area contributed by atoms with Crippen LogP contribution in [0.5, 0.6) is 5.75 Å². The average Bonchev–Trinajstić information content (AvgIpc) is 2.69. The van der Waals surface area contributed by atoms with Crippen LogP contribution in [0.4, 0.5) is 0 Å². The number of halogens is 1. The van der Waals surface area contributed by atoms with E-state index in [1.165, 1.54) is 11.1 Å². The van der Waals surface area contributed by atoms with Crippen LogP contribution in [0.25, 0.3) is 0 Å². The quantitative estimate of drug-likeness (QED) is 0.765. The highest BCUT2D eigenvalue weighted by atomic mass is 35.5. The maximum Gasteiger partial charge on any atom is 0.263 e. The zero-order valence-electron chi connectivity index (χ0n) is 16.8. The number of hydrogen-bond donors (Lipinski definition) is 1. The molecule has 1 N–H and O–H groups in total. The lowest BCUT2D eigenvalue weighted by molar-refractivity contribution is -0.134. The van der Waals surface area contributed by atoms with Crippen molar-refractivity contribution in [3.8, 4) is 5.75 Å². The van der Waals surface area contributed by atoms with Gasteiger partial charge in [-0.25, -0.2) is 0 Å². The fourth-order valence-corrected chi connectivity index (χ4v) is 3.90. The third kappa shape index (κ3) is 4.68. The van der Waals surface area contributed by atoms with Crippen LogP contribution < -0.4 is 10.1 Å². The normalized spacial score (nSPS) is 16.4. The van der Waals surface area contributed by atoms with E-state index in [4.69, 9.17) is 21.1 Å². The van der Waals surface area contributed by atoms with Crippen molar-refractivity contribution in [3.05, 3.63) is 64.7 Å². The molecular weight excluding hydrogens is 374 g/mol. The van der Waals surface area contributed by atoms with E-state index < -0.39 is 5.60 Å². The third-order valence-corrected chi connectivity index (χ3v) is 5.74. The molecule has 2 aromatic carbocycles. The smallest absolute Gasteiger partial charge is 0.263 e. The Hall–Kier alpha value is -2.04. The van der Waals surface area contributed by atoms with E-state index in [1.807, 2.05) is 6.07 Å². The summed E-state index contributed by atoms with van der Waals surface area (Å²) in [6, 6.07) is 15.4. The standard InChI is InChI=1S/C23H28ClNO3/c1-17-6-4-5-7-20(17)23(12-14-27-15-13-23)16-25-21(26)22(2,3)28-19-10-8-18(24)9-11-19/h4-11H,12-16H2,1-3H3,(H,25,26). The molecule has 0 radical (unpaired) electrons. The minimum absolute atomic E-state index is 0.115. The molecule has 0 unspecified atom stereocenters. The molecule has 1 amide bonds. The van der Waals surface area contributed by atoms with E-state index in [0.717, 1.165) is 12.8 Å². The van der Waals surface area contributed by atoms with Crippen LogP contribution >= 0.6 is 11.6 Å². The van der Waals surface area contributed by atoms with Gasteiger partial charge in [0, 0.05) is 30.2 Å². The van der Waals surface area contributed by atoms with E-state index in [-0.39, 0.29) is 11.3 Å². The van der Waals surface area contributed by atoms with E-state index in [2.05, 4.69) is 30.4 Å². The lowest BCUT2D eigenvalue weighted by Crippen LogP contribution is -2.52. The summed E-state index contributed by atoms with van der Waals surface area (Å²) in [4.78, 5) is 12.9. The van der Waals surface area contributed by atoms with Gasteiger partial charge in [-0.05, 0) is 69.0 Å². The van der Waals surface area contributed by atoms with Gasteiger partial charge in [-0.3, -0.25) is 4.79 Å². The second-order valence-electron chi connectivity index (χ2n) is 7.96. The monoisotopic (exact) mass is 401 g/mol. The molecule has 28 heavy (non-hydrogen) atoms. The van der Waals surface area contributed by atoms with Gasteiger partial charge in [0.25, 0.3) is 5.91 Å².